The highest BCUT2D eigenvalue weighted by Gasteiger charge is 2.14. The van der Waals surface area contributed by atoms with Crippen molar-refractivity contribution in [3.8, 4) is 0 Å². The van der Waals surface area contributed by atoms with Crippen LogP contribution in [0.2, 0.25) is 0 Å². The molecular weight excluding hydrogens is 234 g/mol. The minimum absolute atomic E-state index is 0.119. The maximum absolute atomic E-state index is 11.2. The fourth-order valence-electron chi connectivity index (χ4n) is 1.91. The molecule has 2 heterocycles. The van der Waals surface area contributed by atoms with Crippen LogP contribution in [0, 0.1) is 0 Å². The van der Waals surface area contributed by atoms with Crippen molar-refractivity contribution < 1.29 is 4.79 Å². The number of ketones is 1. The van der Waals surface area contributed by atoms with Gasteiger partial charge in [0.1, 0.15) is 0 Å². The lowest BCUT2D eigenvalue weighted by Crippen LogP contribution is -2.45. The van der Waals surface area contributed by atoms with Gasteiger partial charge in [-0.1, -0.05) is 0 Å². The van der Waals surface area contributed by atoms with Gasteiger partial charge >= 0.3 is 0 Å². The molecule has 0 unspecified atom stereocenters. The predicted molar refractivity (Wildman–Crippen MR) is 69.8 cm³/mol. The third kappa shape index (κ3) is 3.59. The van der Waals surface area contributed by atoms with E-state index in [0.29, 0.717) is 0 Å². The molecule has 94 valence electrons. The van der Waals surface area contributed by atoms with Crippen molar-refractivity contribution in [1.29, 1.82) is 0 Å². The van der Waals surface area contributed by atoms with Crippen LogP contribution in [0.3, 0.4) is 0 Å². The molecule has 17 heavy (non-hydrogen) atoms. The summed E-state index contributed by atoms with van der Waals surface area (Å²) in [5, 5.41) is 1.08. The lowest BCUT2D eigenvalue weighted by molar-refractivity contribution is 0.102. The normalized spacial score (nSPS) is 18.5. The highest BCUT2D eigenvalue weighted by atomic mass is 32.1. The summed E-state index contributed by atoms with van der Waals surface area (Å²) in [6.07, 6.45) is 2.66. The number of carbonyl (C=O) groups is 1. The zero-order valence-corrected chi connectivity index (χ0v) is 11.3. The van der Waals surface area contributed by atoms with Gasteiger partial charge < -0.3 is 9.80 Å². The Balaban J connectivity index is 1.79. The highest BCUT2D eigenvalue weighted by molar-refractivity contribution is 7.13. The number of hydrogen-bond acceptors (Lipinski definition) is 5. The molecule has 1 saturated heterocycles. The van der Waals surface area contributed by atoms with Crippen molar-refractivity contribution in [3.05, 3.63) is 16.1 Å². The van der Waals surface area contributed by atoms with Gasteiger partial charge in [-0.3, -0.25) is 4.79 Å². The van der Waals surface area contributed by atoms with Crippen LogP contribution in [0.15, 0.2) is 6.20 Å². The van der Waals surface area contributed by atoms with Crippen molar-refractivity contribution in [2.45, 2.75) is 13.3 Å². The first kappa shape index (κ1) is 12.7. The second kappa shape index (κ2) is 5.71. The zero-order chi connectivity index (χ0) is 12.3. The monoisotopic (exact) mass is 253 g/mol. The van der Waals surface area contributed by atoms with Gasteiger partial charge in [0.05, 0.1) is 9.88 Å². The third-order valence-electron chi connectivity index (χ3n) is 3.14. The number of hydrogen-bond donors (Lipinski definition) is 0. The van der Waals surface area contributed by atoms with Gasteiger partial charge in [-0.15, -0.1) is 11.3 Å². The Labute approximate surface area is 106 Å². The quantitative estimate of drug-likeness (QED) is 0.754. The van der Waals surface area contributed by atoms with Crippen LogP contribution in [0.5, 0.6) is 0 Å². The molecule has 1 aliphatic rings. The summed E-state index contributed by atoms with van der Waals surface area (Å²) in [4.78, 5) is 21.1. The number of rotatable bonds is 4. The first-order valence-corrected chi connectivity index (χ1v) is 6.83. The van der Waals surface area contributed by atoms with Crippen LogP contribution in [-0.4, -0.2) is 60.3 Å². The Bertz CT molecular complexity index is 383. The number of nitrogens with zero attached hydrogens (tertiary/aromatic N) is 3. The Kier molecular flexibility index (Phi) is 4.25. The van der Waals surface area contributed by atoms with Gasteiger partial charge in [0.25, 0.3) is 0 Å². The second-order valence-corrected chi connectivity index (χ2v) is 5.68. The molecule has 4 nitrogen and oxygen atoms in total. The summed E-state index contributed by atoms with van der Waals surface area (Å²) in [5.41, 5.74) is 0. The first-order valence-electron chi connectivity index (χ1n) is 6.01. The lowest BCUT2D eigenvalue weighted by atomic mass is 10.3. The minimum atomic E-state index is 0.119. The molecular formula is C12H19N3OS. The second-order valence-electron chi connectivity index (χ2n) is 4.57. The SMILES string of the molecule is CC(=O)c1cnc(CCN2CCN(C)CC2)s1. The van der Waals surface area contributed by atoms with Crippen molar-refractivity contribution in [2.24, 2.45) is 0 Å². The van der Waals surface area contributed by atoms with Gasteiger partial charge in [0.2, 0.25) is 0 Å². The number of piperazine rings is 1. The van der Waals surface area contributed by atoms with E-state index < -0.39 is 0 Å². The van der Waals surface area contributed by atoms with Gasteiger partial charge in [0.15, 0.2) is 5.78 Å². The smallest absolute Gasteiger partial charge is 0.171 e. The fraction of sp³-hybridized carbons (Fsp3) is 0.667. The molecule has 2 rings (SSSR count). The van der Waals surface area contributed by atoms with E-state index in [1.165, 1.54) is 11.3 Å². The maximum atomic E-state index is 11.2. The van der Waals surface area contributed by atoms with Crippen molar-refractivity contribution in [1.82, 2.24) is 14.8 Å². The van der Waals surface area contributed by atoms with Gasteiger partial charge in [-0.05, 0) is 7.05 Å². The zero-order valence-electron chi connectivity index (χ0n) is 10.5. The summed E-state index contributed by atoms with van der Waals surface area (Å²) in [6.45, 7) is 7.23. The Hall–Kier alpha value is -0.780. The molecule has 0 aliphatic carbocycles. The van der Waals surface area contributed by atoms with E-state index >= 15 is 0 Å². The van der Waals surface area contributed by atoms with E-state index in [9.17, 15) is 4.79 Å². The largest absolute Gasteiger partial charge is 0.304 e. The predicted octanol–water partition coefficient (Wildman–Crippen LogP) is 1.14. The van der Waals surface area contributed by atoms with E-state index in [4.69, 9.17) is 0 Å². The molecule has 0 bridgehead atoms. The molecule has 1 aromatic rings. The molecule has 0 saturated carbocycles. The first-order chi connectivity index (χ1) is 8.15. The molecule has 0 N–H and O–H groups in total. The molecule has 1 aliphatic heterocycles. The molecule has 1 aromatic heterocycles. The van der Waals surface area contributed by atoms with Crippen LogP contribution in [0.1, 0.15) is 21.6 Å². The Morgan fingerprint density at radius 1 is 1.41 bits per heavy atom. The number of carbonyl (C=O) groups excluding carboxylic acids is 1. The van der Waals surface area contributed by atoms with E-state index in [0.717, 1.165) is 49.0 Å². The van der Waals surface area contributed by atoms with Crippen molar-refractivity contribution >= 4 is 17.1 Å². The average molecular weight is 253 g/mol. The Morgan fingerprint density at radius 3 is 2.71 bits per heavy atom. The molecule has 1 fully saturated rings. The lowest BCUT2D eigenvalue weighted by Gasteiger charge is -2.32. The fourth-order valence-corrected chi connectivity index (χ4v) is 2.72. The number of aromatic nitrogens is 1. The van der Waals surface area contributed by atoms with Crippen molar-refractivity contribution in [2.75, 3.05) is 39.8 Å². The number of Topliss-reactive ketones (excluding diaryl/α,β-unsaturated/α-hetero) is 1. The van der Waals surface area contributed by atoms with Gasteiger partial charge in [-0.25, -0.2) is 4.98 Å². The van der Waals surface area contributed by atoms with Crippen LogP contribution in [0.25, 0.3) is 0 Å². The molecule has 0 atom stereocenters. The summed E-state index contributed by atoms with van der Waals surface area (Å²) < 4.78 is 0. The summed E-state index contributed by atoms with van der Waals surface area (Å²) in [5.74, 6) is 0.119. The standard InChI is InChI=1S/C12H19N3OS/c1-10(16)11-9-13-12(17-11)3-4-15-7-5-14(2)6-8-15/h9H,3-8H2,1-2H3. The molecule has 0 radical (unpaired) electrons. The number of likely N-dealkylation sites (N-methyl/N-ethyl adjacent to an activating group) is 1. The molecule has 0 spiro atoms. The minimum Gasteiger partial charge on any atom is -0.304 e. The topological polar surface area (TPSA) is 36.4 Å². The van der Waals surface area contributed by atoms with Crippen LogP contribution in [0.4, 0.5) is 0 Å². The van der Waals surface area contributed by atoms with E-state index in [-0.39, 0.29) is 5.78 Å². The average Bonchev–Trinajstić information content (AvgIpc) is 2.77. The summed E-state index contributed by atoms with van der Waals surface area (Å²) in [7, 11) is 2.16. The van der Waals surface area contributed by atoms with E-state index in [1.807, 2.05) is 0 Å². The van der Waals surface area contributed by atoms with Crippen molar-refractivity contribution in [3.63, 3.8) is 0 Å². The number of thiazole rings is 1. The van der Waals surface area contributed by atoms with E-state index in [2.05, 4.69) is 21.8 Å². The molecule has 0 aromatic carbocycles. The van der Waals surface area contributed by atoms with E-state index in [1.54, 1.807) is 13.1 Å². The Morgan fingerprint density at radius 2 is 2.12 bits per heavy atom. The van der Waals surface area contributed by atoms with Gasteiger partial charge in [-0.2, -0.15) is 0 Å². The van der Waals surface area contributed by atoms with Gasteiger partial charge in [0, 0.05) is 52.3 Å². The van der Waals surface area contributed by atoms with Crippen LogP contribution < -0.4 is 0 Å². The molecule has 0 amide bonds. The highest BCUT2D eigenvalue weighted by Crippen LogP contribution is 2.14. The maximum Gasteiger partial charge on any atom is 0.171 e. The van der Waals surface area contributed by atoms with Crippen LogP contribution >= 0.6 is 11.3 Å². The summed E-state index contributed by atoms with van der Waals surface area (Å²) in [6, 6.07) is 0. The summed E-state index contributed by atoms with van der Waals surface area (Å²) >= 11 is 1.53. The molecule has 5 heteroatoms. The van der Waals surface area contributed by atoms with Crippen LogP contribution in [-0.2, 0) is 6.42 Å². The third-order valence-corrected chi connectivity index (χ3v) is 4.30.